The quantitative estimate of drug-likeness (QED) is 0.765. The Labute approximate surface area is 154 Å². The minimum Gasteiger partial charge on any atom is -0.396 e. The normalized spacial score (nSPS) is 49.3. The molecule has 6 rings (SSSR count). The lowest BCUT2D eigenvalue weighted by atomic mass is 9.51. The second kappa shape index (κ2) is 4.34. The van der Waals surface area contributed by atoms with E-state index in [-0.39, 0.29) is 30.0 Å². The van der Waals surface area contributed by atoms with Crippen molar-refractivity contribution in [1.29, 1.82) is 0 Å². The number of quaternary nitrogens is 1. The summed E-state index contributed by atoms with van der Waals surface area (Å²) in [5.41, 5.74) is 1.36. The van der Waals surface area contributed by atoms with Crippen LogP contribution in [0.3, 0.4) is 0 Å². The molecule has 1 N–H and O–H groups in total. The van der Waals surface area contributed by atoms with Crippen molar-refractivity contribution in [2.24, 2.45) is 23.2 Å². The van der Waals surface area contributed by atoms with Crippen molar-refractivity contribution >= 4 is 11.6 Å². The fourth-order valence-electron chi connectivity index (χ4n) is 8.37. The Hall–Kier alpha value is -1.43. The Morgan fingerprint density at radius 2 is 2.12 bits per heavy atom. The van der Waals surface area contributed by atoms with Gasteiger partial charge in [-0.15, -0.1) is 0 Å². The van der Waals surface area contributed by atoms with Crippen molar-refractivity contribution in [3.8, 4) is 0 Å². The number of carbonyl (C=O) groups is 1. The van der Waals surface area contributed by atoms with E-state index in [0.29, 0.717) is 17.9 Å². The van der Waals surface area contributed by atoms with E-state index in [0.717, 1.165) is 35.3 Å². The fraction of sp³-hybridized carbons (Fsp3) is 0.667. The molecule has 1 spiro atoms. The highest BCUT2D eigenvalue weighted by atomic mass is 16.5. The van der Waals surface area contributed by atoms with E-state index in [9.17, 15) is 9.90 Å². The van der Waals surface area contributed by atoms with Crippen LogP contribution in [0.25, 0.3) is 0 Å². The van der Waals surface area contributed by atoms with Crippen LogP contribution < -0.4 is 4.90 Å². The van der Waals surface area contributed by atoms with Crippen molar-refractivity contribution in [2.75, 3.05) is 45.8 Å². The van der Waals surface area contributed by atoms with Gasteiger partial charge in [-0.2, -0.15) is 0 Å². The van der Waals surface area contributed by atoms with Gasteiger partial charge in [-0.1, -0.05) is 18.2 Å². The average molecular weight is 355 g/mol. The van der Waals surface area contributed by atoms with Crippen LogP contribution in [-0.2, 0) is 14.9 Å². The summed E-state index contributed by atoms with van der Waals surface area (Å²) < 4.78 is 7.30. The van der Waals surface area contributed by atoms with E-state index in [1.54, 1.807) is 0 Å². The number of hydrogen-bond donors (Lipinski definition) is 1. The van der Waals surface area contributed by atoms with Gasteiger partial charge in [0.25, 0.3) is 0 Å². The first-order chi connectivity index (χ1) is 12.4. The lowest BCUT2D eigenvalue weighted by Crippen LogP contribution is -2.64. The number of amides is 1. The molecule has 7 unspecified atom stereocenters. The molecule has 0 aromatic heterocycles. The molecule has 1 amide bonds. The van der Waals surface area contributed by atoms with Crippen LogP contribution >= 0.6 is 0 Å². The van der Waals surface area contributed by atoms with Crippen molar-refractivity contribution in [3.05, 3.63) is 29.8 Å². The first kappa shape index (κ1) is 15.6. The number of para-hydroxylation sites is 1. The van der Waals surface area contributed by atoms with E-state index in [4.69, 9.17) is 4.74 Å². The molecular weight excluding hydrogens is 328 g/mol. The minimum absolute atomic E-state index is 0.0601. The Balaban J connectivity index is 1.69. The third-order valence-electron chi connectivity index (χ3n) is 8.78. The number of fused-ring (bicyclic) bond motifs is 5. The molecule has 3 heterocycles. The highest BCUT2D eigenvalue weighted by Crippen LogP contribution is 2.74. The number of piperidine rings is 1. The Bertz CT molecular complexity index is 838. The molecule has 5 aliphatic rings. The number of hydrogen-bond acceptors (Lipinski definition) is 3. The molecular formula is C21H27N2O3+. The first-order valence-electron chi connectivity index (χ1n) is 9.82. The highest BCUT2D eigenvalue weighted by molar-refractivity contribution is 6.09. The minimum atomic E-state index is -0.632. The van der Waals surface area contributed by atoms with Gasteiger partial charge in [0, 0.05) is 24.6 Å². The van der Waals surface area contributed by atoms with Gasteiger partial charge in [0.1, 0.15) is 5.41 Å². The maximum atomic E-state index is 13.9. The second-order valence-electron chi connectivity index (χ2n) is 9.87. The molecule has 0 radical (unpaired) electrons. The Morgan fingerprint density at radius 1 is 1.35 bits per heavy atom. The predicted molar refractivity (Wildman–Crippen MR) is 96.6 cm³/mol. The summed E-state index contributed by atoms with van der Waals surface area (Å²) in [5.74, 6) is 1.28. The monoisotopic (exact) mass is 355 g/mol. The van der Waals surface area contributed by atoms with Crippen molar-refractivity contribution in [3.63, 3.8) is 0 Å². The second-order valence-corrected chi connectivity index (χ2v) is 9.87. The van der Waals surface area contributed by atoms with E-state index < -0.39 is 5.41 Å². The lowest BCUT2D eigenvalue weighted by Gasteiger charge is -2.54. The molecule has 2 saturated carbocycles. The molecule has 138 valence electrons. The number of aliphatic hydroxyl groups excluding tert-OH is 1. The molecule has 1 aromatic rings. The van der Waals surface area contributed by atoms with Gasteiger partial charge in [0.05, 0.1) is 51.4 Å². The smallest absolute Gasteiger partial charge is 0.240 e. The van der Waals surface area contributed by atoms with Gasteiger partial charge in [-0.3, -0.25) is 4.79 Å². The number of ether oxygens (including phenoxy) is 1. The third-order valence-corrected chi connectivity index (χ3v) is 8.78. The zero-order valence-corrected chi connectivity index (χ0v) is 15.7. The van der Waals surface area contributed by atoms with E-state index >= 15 is 0 Å². The Kier molecular flexibility index (Phi) is 2.61. The largest absolute Gasteiger partial charge is 0.396 e. The lowest BCUT2D eigenvalue weighted by molar-refractivity contribution is -0.916. The maximum Gasteiger partial charge on any atom is 0.240 e. The fourth-order valence-corrected chi connectivity index (χ4v) is 8.37. The molecule has 5 heteroatoms. The maximum absolute atomic E-state index is 13.9. The number of anilines is 1. The summed E-state index contributed by atoms with van der Waals surface area (Å²) in [7, 11) is 6.47. The van der Waals surface area contributed by atoms with Crippen LogP contribution in [0.2, 0.25) is 0 Å². The van der Waals surface area contributed by atoms with Crippen molar-refractivity contribution < 1.29 is 19.1 Å². The molecule has 7 atom stereocenters. The molecule has 26 heavy (non-hydrogen) atoms. The summed E-state index contributed by atoms with van der Waals surface area (Å²) in [5, 5.41) is 10.7. The number of likely N-dealkylation sites (tertiary alicyclic amines) is 1. The van der Waals surface area contributed by atoms with Crippen molar-refractivity contribution in [1.82, 2.24) is 0 Å². The molecule has 3 aliphatic heterocycles. The van der Waals surface area contributed by atoms with Gasteiger partial charge in [0.15, 0.2) is 0 Å². The number of nitrogens with zero attached hydrogens (tertiary/aromatic N) is 2. The molecule has 5 nitrogen and oxygen atoms in total. The first-order valence-corrected chi connectivity index (χ1v) is 9.82. The van der Waals surface area contributed by atoms with Crippen LogP contribution in [0, 0.1) is 23.2 Å². The number of aliphatic hydroxyl groups is 1. The molecule has 2 aliphatic carbocycles. The zero-order chi connectivity index (χ0) is 18.1. The number of rotatable bonds is 1. The third kappa shape index (κ3) is 1.31. The van der Waals surface area contributed by atoms with E-state index in [1.807, 2.05) is 24.1 Å². The SMILES string of the molecule is CN1C(=O)C2(c3ccccc31)C1CC3C(CO1)C1C2C3(CO)C[N+]1(C)C. The average Bonchev–Trinajstić information content (AvgIpc) is 3.04. The number of carbonyl (C=O) groups excluding carboxylic acids is 1. The van der Waals surface area contributed by atoms with Gasteiger partial charge in [-0.25, -0.2) is 0 Å². The Morgan fingerprint density at radius 3 is 2.88 bits per heavy atom. The predicted octanol–water partition coefficient (Wildman–Crippen LogP) is 1.00. The summed E-state index contributed by atoms with van der Waals surface area (Å²) >= 11 is 0. The summed E-state index contributed by atoms with van der Waals surface area (Å²) in [4.78, 5) is 15.7. The van der Waals surface area contributed by atoms with Crippen LogP contribution in [-0.4, -0.2) is 68.5 Å². The standard InChI is InChI=1S/C21H27N2O3/c1-22-15-7-5-4-6-13(15)21(19(22)25)16-8-14-12(9-26-16)17-18(21)20(14,11-24)10-23(17,2)3/h4-7,12,14,16-18,24H,8-11H2,1-3H3/q+1. The van der Waals surface area contributed by atoms with Gasteiger partial charge in [-0.05, 0) is 24.0 Å². The number of likely N-dealkylation sites (N-methyl/N-ethyl adjacent to an activating group) is 1. The number of benzene rings is 1. The van der Waals surface area contributed by atoms with Crippen LogP contribution in [0.5, 0.6) is 0 Å². The summed E-state index contributed by atoms with van der Waals surface area (Å²) in [6, 6.07) is 8.63. The van der Waals surface area contributed by atoms with E-state index in [1.165, 1.54) is 0 Å². The van der Waals surface area contributed by atoms with Crippen LogP contribution in [0.15, 0.2) is 24.3 Å². The van der Waals surface area contributed by atoms with Crippen LogP contribution in [0.4, 0.5) is 5.69 Å². The zero-order valence-electron chi connectivity index (χ0n) is 15.7. The molecule has 4 fully saturated rings. The van der Waals surface area contributed by atoms with Gasteiger partial charge >= 0.3 is 0 Å². The molecule has 1 aromatic carbocycles. The molecule has 5 bridgehead atoms. The summed E-state index contributed by atoms with van der Waals surface area (Å²) in [6.45, 7) is 1.89. The highest BCUT2D eigenvalue weighted by Gasteiger charge is 2.84. The van der Waals surface area contributed by atoms with E-state index in [2.05, 4.69) is 26.2 Å². The molecule has 2 saturated heterocycles. The van der Waals surface area contributed by atoms with Gasteiger partial charge in [0.2, 0.25) is 5.91 Å². The topological polar surface area (TPSA) is 49.8 Å². The van der Waals surface area contributed by atoms with Crippen molar-refractivity contribution in [2.45, 2.75) is 24.0 Å². The van der Waals surface area contributed by atoms with Crippen LogP contribution in [0.1, 0.15) is 12.0 Å². The summed E-state index contributed by atoms with van der Waals surface area (Å²) in [6.07, 6.45) is 0.849. The van der Waals surface area contributed by atoms with Gasteiger partial charge < -0.3 is 19.2 Å².